The molecule has 3 nitrogen and oxygen atoms in total. The number of rotatable bonds is 3. The minimum absolute atomic E-state index is 0.108. The average molecular weight is 266 g/mol. The van der Waals surface area contributed by atoms with Crippen LogP contribution in [0.3, 0.4) is 0 Å². The zero-order chi connectivity index (χ0) is 13.9. The second-order valence-electron chi connectivity index (χ2n) is 4.90. The van der Waals surface area contributed by atoms with E-state index < -0.39 is 17.7 Å². The summed E-state index contributed by atoms with van der Waals surface area (Å²) < 4.78 is 19.1. The van der Waals surface area contributed by atoms with Crippen LogP contribution >= 0.6 is 0 Å². The molecule has 0 aromatic heterocycles. The molecule has 0 fully saturated rings. The number of aliphatic hydroxyl groups is 1. The quantitative estimate of drug-likeness (QED) is 0.675. The Bertz CT molecular complexity index is 460. The molecule has 0 aliphatic heterocycles. The van der Waals surface area contributed by atoms with Crippen molar-refractivity contribution in [2.45, 2.75) is 44.4 Å². The molecule has 1 aromatic rings. The Morgan fingerprint density at radius 2 is 2.21 bits per heavy atom. The summed E-state index contributed by atoms with van der Waals surface area (Å²) in [4.78, 5) is 11.6. The molecule has 2 atom stereocenters. The molecule has 2 unspecified atom stereocenters. The summed E-state index contributed by atoms with van der Waals surface area (Å²) in [6.45, 7) is 1.73. The topological polar surface area (TPSA) is 46.5 Å². The van der Waals surface area contributed by atoms with Crippen LogP contribution in [0.15, 0.2) is 24.3 Å². The van der Waals surface area contributed by atoms with E-state index in [1.54, 1.807) is 19.1 Å². The number of halogens is 1. The fourth-order valence-corrected chi connectivity index (χ4v) is 2.68. The maximum atomic E-state index is 14.4. The lowest BCUT2D eigenvalue weighted by atomic mass is 9.84. The number of hydrogen-bond donors (Lipinski definition) is 1. The van der Waals surface area contributed by atoms with Crippen LogP contribution in [-0.2, 0) is 21.6 Å². The highest BCUT2D eigenvalue weighted by atomic mass is 19.1. The number of alkyl halides is 1. The average Bonchev–Trinajstić information content (AvgIpc) is 2.59. The molecule has 1 N–H and O–H groups in total. The molecule has 4 heteroatoms. The smallest absolute Gasteiger partial charge is 0.344 e. The van der Waals surface area contributed by atoms with Crippen molar-refractivity contribution in [3.8, 4) is 0 Å². The van der Waals surface area contributed by atoms with Crippen LogP contribution in [0.1, 0.15) is 37.3 Å². The third-order valence-corrected chi connectivity index (χ3v) is 3.65. The van der Waals surface area contributed by atoms with E-state index in [-0.39, 0.29) is 13.0 Å². The number of ether oxygens (including phenoxy) is 1. The van der Waals surface area contributed by atoms with E-state index in [9.17, 15) is 14.3 Å². The van der Waals surface area contributed by atoms with Crippen LogP contribution in [0.2, 0.25) is 0 Å². The van der Waals surface area contributed by atoms with Crippen molar-refractivity contribution in [2.24, 2.45) is 0 Å². The third kappa shape index (κ3) is 2.63. The predicted molar refractivity (Wildman–Crippen MR) is 69.4 cm³/mol. The number of fused-ring (bicyclic) bond motifs is 1. The van der Waals surface area contributed by atoms with Crippen LogP contribution in [0.5, 0.6) is 0 Å². The van der Waals surface area contributed by atoms with Gasteiger partial charge in [-0.2, -0.15) is 0 Å². The molecule has 0 saturated carbocycles. The number of carbonyl (C=O) groups is 1. The number of benzene rings is 1. The van der Waals surface area contributed by atoms with Crippen molar-refractivity contribution in [2.75, 3.05) is 6.61 Å². The van der Waals surface area contributed by atoms with E-state index >= 15 is 0 Å². The van der Waals surface area contributed by atoms with Gasteiger partial charge in [0.1, 0.15) is 5.60 Å². The van der Waals surface area contributed by atoms with Crippen molar-refractivity contribution in [1.29, 1.82) is 0 Å². The first-order valence-corrected chi connectivity index (χ1v) is 6.71. The summed E-state index contributed by atoms with van der Waals surface area (Å²) in [5.74, 6) is -0.985. The largest absolute Gasteiger partial charge is 0.464 e. The van der Waals surface area contributed by atoms with E-state index in [0.717, 1.165) is 18.4 Å². The van der Waals surface area contributed by atoms with Crippen LogP contribution < -0.4 is 0 Å². The Kier molecular flexibility index (Phi) is 4.20. The van der Waals surface area contributed by atoms with Gasteiger partial charge in [0.25, 0.3) is 0 Å². The third-order valence-electron chi connectivity index (χ3n) is 3.65. The Balaban J connectivity index is 2.38. The Hall–Kier alpha value is -1.42. The molecule has 1 aliphatic rings. The molecule has 104 valence electrons. The lowest BCUT2D eigenvalue weighted by molar-refractivity contribution is -0.162. The molecule has 1 aliphatic carbocycles. The molecule has 1 aromatic carbocycles. The maximum absolute atomic E-state index is 14.4. The SMILES string of the molecule is CCOC(=O)C(F)C1(O)CCCCc2ccccc21. The van der Waals surface area contributed by atoms with E-state index in [2.05, 4.69) is 0 Å². The van der Waals surface area contributed by atoms with Crippen molar-refractivity contribution in [3.05, 3.63) is 35.4 Å². The number of esters is 1. The van der Waals surface area contributed by atoms with Crippen molar-refractivity contribution < 1.29 is 19.0 Å². The molecule has 2 rings (SSSR count). The van der Waals surface area contributed by atoms with Gasteiger partial charge in [-0.3, -0.25) is 0 Å². The fourth-order valence-electron chi connectivity index (χ4n) is 2.68. The molecular weight excluding hydrogens is 247 g/mol. The van der Waals surface area contributed by atoms with Gasteiger partial charge in [-0.25, -0.2) is 9.18 Å². The number of carbonyl (C=O) groups excluding carboxylic acids is 1. The van der Waals surface area contributed by atoms with Gasteiger partial charge in [0.05, 0.1) is 6.61 Å². The van der Waals surface area contributed by atoms with Gasteiger partial charge >= 0.3 is 5.97 Å². The monoisotopic (exact) mass is 266 g/mol. The van der Waals surface area contributed by atoms with Crippen molar-refractivity contribution in [3.63, 3.8) is 0 Å². The minimum Gasteiger partial charge on any atom is -0.464 e. The summed E-state index contributed by atoms with van der Waals surface area (Å²) in [5, 5.41) is 10.7. The van der Waals surface area contributed by atoms with E-state index in [4.69, 9.17) is 4.74 Å². The first-order chi connectivity index (χ1) is 9.09. The van der Waals surface area contributed by atoms with Gasteiger partial charge in [-0.05, 0) is 43.7 Å². The van der Waals surface area contributed by atoms with Crippen molar-refractivity contribution >= 4 is 5.97 Å². The van der Waals surface area contributed by atoms with Crippen LogP contribution in [0, 0.1) is 0 Å². The fraction of sp³-hybridized carbons (Fsp3) is 0.533. The zero-order valence-corrected chi connectivity index (χ0v) is 11.1. The normalized spacial score (nSPS) is 24.2. The Morgan fingerprint density at radius 3 is 2.95 bits per heavy atom. The molecule has 0 saturated heterocycles. The second-order valence-corrected chi connectivity index (χ2v) is 4.90. The summed E-state index contributed by atoms with van der Waals surface area (Å²) in [6, 6.07) is 7.20. The van der Waals surface area contributed by atoms with E-state index in [1.165, 1.54) is 0 Å². The molecular formula is C15H19FO3. The van der Waals surface area contributed by atoms with Gasteiger partial charge in [0.2, 0.25) is 6.17 Å². The summed E-state index contributed by atoms with van der Waals surface area (Å²) >= 11 is 0. The standard InChI is InChI=1S/C15H19FO3/c1-2-19-14(17)13(16)15(18)10-6-5-8-11-7-3-4-9-12(11)15/h3-4,7,9,13,18H,2,5-6,8,10H2,1H3. The highest BCUT2D eigenvalue weighted by Gasteiger charge is 2.45. The van der Waals surface area contributed by atoms with Crippen LogP contribution in [0.4, 0.5) is 4.39 Å². The van der Waals surface area contributed by atoms with Gasteiger partial charge in [-0.1, -0.05) is 24.3 Å². The van der Waals surface area contributed by atoms with E-state index in [0.29, 0.717) is 12.0 Å². The molecule has 0 spiro atoms. The first kappa shape index (κ1) is 14.0. The first-order valence-electron chi connectivity index (χ1n) is 6.71. The Morgan fingerprint density at radius 1 is 1.47 bits per heavy atom. The number of aryl methyl sites for hydroxylation is 1. The van der Waals surface area contributed by atoms with Gasteiger partial charge in [0.15, 0.2) is 0 Å². The Labute approximate surface area is 112 Å². The molecule has 0 amide bonds. The minimum atomic E-state index is -2.04. The lowest BCUT2D eigenvalue weighted by Crippen LogP contribution is -2.43. The van der Waals surface area contributed by atoms with Crippen LogP contribution in [0.25, 0.3) is 0 Å². The highest BCUT2D eigenvalue weighted by molar-refractivity contribution is 5.76. The van der Waals surface area contributed by atoms with Gasteiger partial charge in [-0.15, -0.1) is 0 Å². The molecule has 0 heterocycles. The molecule has 0 bridgehead atoms. The maximum Gasteiger partial charge on any atom is 0.344 e. The predicted octanol–water partition coefficient (Wildman–Crippen LogP) is 2.50. The molecule has 0 radical (unpaired) electrons. The zero-order valence-electron chi connectivity index (χ0n) is 11.1. The summed E-state index contributed by atoms with van der Waals surface area (Å²) in [7, 11) is 0. The summed E-state index contributed by atoms with van der Waals surface area (Å²) in [6.07, 6.45) is 0.574. The second kappa shape index (κ2) is 5.70. The van der Waals surface area contributed by atoms with Crippen LogP contribution in [-0.4, -0.2) is 23.9 Å². The van der Waals surface area contributed by atoms with Crippen molar-refractivity contribution in [1.82, 2.24) is 0 Å². The van der Waals surface area contributed by atoms with E-state index in [1.807, 2.05) is 12.1 Å². The number of hydrogen-bond acceptors (Lipinski definition) is 3. The van der Waals surface area contributed by atoms with Gasteiger partial charge in [0, 0.05) is 0 Å². The summed E-state index contributed by atoms with van der Waals surface area (Å²) in [5.41, 5.74) is -0.332. The lowest BCUT2D eigenvalue weighted by Gasteiger charge is -2.30. The molecule has 19 heavy (non-hydrogen) atoms. The van der Waals surface area contributed by atoms with Gasteiger partial charge < -0.3 is 9.84 Å². The highest BCUT2D eigenvalue weighted by Crippen LogP contribution is 2.38.